The average molecular weight is 418 g/mol. The molecule has 1 aliphatic heterocycles. The molecular weight excluding hydrogens is 393 g/mol. The van der Waals surface area contributed by atoms with Gasteiger partial charge in [-0.1, -0.05) is 36.2 Å². The molecule has 1 amide bonds. The molecular formula is C22H25Cl2N3O. The molecule has 0 saturated carbocycles. The van der Waals surface area contributed by atoms with Crippen LogP contribution >= 0.6 is 23.2 Å². The van der Waals surface area contributed by atoms with Gasteiger partial charge in [0, 0.05) is 22.8 Å². The Balaban J connectivity index is 1.77. The van der Waals surface area contributed by atoms with Crippen molar-refractivity contribution >= 4 is 41.0 Å². The molecule has 0 bridgehead atoms. The summed E-state index contributed by atoms with van der Waals surface area (Å²) in [6.45, 7) is 10.0. The summed E-state index contributed by atoms with van der Waals surface area (Å²) in [7, 11) is 0. The highest BCUT2D eigenvalue weighted by Gasteiger charge is 2.35. The van der Waals surface area contributed by atoms with Gasteiger partial charge in [-0.2, -0.15) is 5.10 Å². The molecule has 1 atom stereocenters. The van der Waals surface area contributed by atoms with Crippen molar-refractivity contribution in [2.45, 2.75) is 45.6 Å². The number of carbonyl (C=O) groups is 1. The van der Waals surface area contributed by atoms with Crippen molar-refractivity contribution in [3.8, 4) is 0 Å². The van der Waals surface area contributed by atoms with Crippen molar-refractivity contribution in [3.63, 3.8) is 0 Å². The maximum absolute atomic E-state index is 12.2. The lowest BCUT2D eigenvalue weighted by Gasteiger charge is -2.47. The van der Waals surface area contributed by atoms with E-state index in [1.807, 2.05) is 6.07 Å². The Morgan fingerprint density at radius 2 is 2.04 bits per heavy atom. The van der Waals surface area contributed by atoms with Crippen LogP contribution in [-0.2, 0) is 0 Å². The molecule has 6 heteroatoms. The van der Waals surface area contributed by atoms with E-state index >= 15 is 0 Å². The number of nitrogens with zero attached hydrogens (tertiary/aromatic N) is 2. The molecule has 1 heterocycles. The van der Waals surface area contributed by atoms with Crippen LogP contribution in [0.3, 0.4) is 0 Å². The number of benzene rings is 2. The Morgan fingerprint density at radius 1 is 1.29 bits per heavy atom. The van der Waals surface area contributed by atoms with Crippen molar-refractivity contribution in [2.24, 2.45) is 5.10 Å². The van der Waals surface area contributed by atoms with Crippen molar-refractivity contribution in [1.82, 2.24) is 5.43 Å². The Kier molecular flexibility index (Phi) is 6.01. The van der Waals surface area contributed by atoms with Gasteiger partial charge in [-0.3, -0.25) is 4.79 Å². The van der Waals surface area contributed by atoms with Gasteiger partial charge in [-0.05, 0) is 74.6 Å². The Hall–Kier alpha value is -2.04. The average Bonchev–Trinajstić information content (AvgIpc) is 2.61. The zero-order chi connectivity index (χ0) is 20.5. The fourth-order valence-corrected chi connectivity index (χ4v) is 4.58. The normalized spacial score (nSPS) is 18.2. The summed E-state index contributed by atoms with van der Waals surface area (Å²) in [5.41, 5.74) is 6.55. The van der Waals surface area contributed by atoms with Crippen LogP contribution in [0, 0.1) is 0 Å². The van der Waals surface area contributed by atoms with Gasteiger partial charge >= 0.3 is 0 Å². The summed E-state index contributed by atoms with van der Waals surface area (Å²) in [6, 6.07) is 11.1. The van der Waals surface area contributed by atoms with Crippen LogP contribution in [0.15, 0.2) is 41.5 Å². The fraction of sp³-hybridized carbons (Fsp3) is 0.364. The second kappa shape index (κ2) is 8.14. The smallest absolute Gasteiger partial charge is 0.272 e. The Morgan fingerprint density at radius 3 is 2.71 bits per heavy atom. The Labute approximate surface area is 176 Å². The summed E-state index contributed by atoms with van der Waals surface area (Å²) >= 11 is 11.9. The first-order valence-electron chi connectivity index (χ1n) is 9.43. The molecule has 0 radical (unpaired) electrons. The quantitative estimate of drug-likeness (QED) is 0.499. The zero-order valence-corrected chi connectivity index (χ0v) is 18.1. The van der Waals surface area contributed by atoms with Crippen LogP contribution in [0.25, 0.3) is 0 Å². The number of anilines is 1. The number of hydrogen-bond acceptors (Lipinski definition) is 3. The van der Waals surface area contributed by atoms with E-state index in [1.54, 1.807) is 18.3 Å². The molecule has 148 valence electrons. The largest absolute Gasteiger partial charge is 0.366 e. The first-order chi connectivity index (χ1) is 13.2. The topological polar surface area (TPSA) is 44.7 Å². The molecule has 28 heavy (non-hydrogen) atoms. The number of nitrogens with one attached hydrogen (secondary N) is 1. The minimum atomic E-state index is -0.372. The second-order valence-electron chi connectivity index (χ2n) is 7.80. The van der Waals surface area contributed by atoms with E-state index in [1.165, 1.54) is 17.3 Å². The SMILES string of the molecule is CCN1c2ccc(/C=N\NC(=O)c3ccc(Cl)cc3Cl)cc2C(C)CC1(C)C. The third-order valence-corrected chi connectivity index (χ3v) is 5.83. The van der Waals surface area contributed by atoms with Gasteiger partial charge in [0.2, 0.25) is 0 Å². The second-order valence-corrected chi connectivity index (χ2v) is 8.65. The maximum Gasteiger partial charge on any atom is 0.272 e. The van der Waals surface area contributed by atoms with Crippen LogP contribution in [-0.4, -0.2) is 24.2 Å². The predicted octanol–water partition coefficient (Wildman–Crippen LogP) is 5.87. The number of rotatable bonds is 4. The molecule has 1 unspecified atom stereocenters. The number of halogens is 2. The fourth-order valence-electron chi connectivity index (χ4n) is 4.09. The molecule has 1 aliphatic rings. The number of carbonyl (C=O) groups excluding carboxylic acids is 1. The summed E-state index contributed by atoms with van der Waals surface area (Å²) in [5.74, 6) is 0.0896. The standard InChI is InChI=1S/C22H25Cl2N3O/c1-5-27-20-9-6-15(10-18(20)14(2)12-22(27,3)4)13-25-26-21(28)17-8-7-16(23)11-19(17)24/h6-11,13-14H,5,12H2,1-4H3,(H,26,28)/b25-13-. The predicted molar refractivity (Wildman–Crippen MR) is 118 cm³/mol. The van der Waals surface area contributed by atoms with Gasteiger partial charge in [0.25, 0.3) is 5.91 Å². The minimum Gasteiger partial charge on any atom is -0.366 e. The van der Waals surface area contributed by atoms with E-state index in [9.17, 15) is 4.79 Å². The monoisotopic (exact) mass is 417 g/mol. The molecule has 2 aromatic rings. The minimum absolute atomic E-state index is 0.141. The molecule has 0 saturated heterocycles. The summed E-state index contributed by atoms with van der Waals surface area (Å²) in [4.78, 5) is 14.7. The molecule has 1 N–H and O–H groups in total. The van der Waals surface area contributed by atoms with Gasteiger partial charge in [-0.25, -0.2) is 5.43 Å². The number of amides is 1. The van der Waals surface area contributed by atoms with E-state index < -0.39 is 0 Å². The molecule has 0 spiro atoms. The maximum atomic E-state index is 12.2. The van der Waals surface area contributed by atoms with Gasteiger partial charge in [-0.15, -0.1) is 0 Å². The van der Waals surface area contributed by atoms with Crippen LogP contribution in [0.1, 0.15) is 61.5 Å². The number of fused-ring (bicyclic) bond motifs is 1. The zero-order valence-electron chi connectivity index (χ0n) is 16.6. The van der Waals surface area contributed by atoms with Gasteiger partial charge in [0.1, 0.15) is 0 Å². The van der Waals surface area contributed by atoms with Gasteiger partial charge in [0.15, 0.2) is 0 Å². The highest BCUT2D eigenvalue weighted by Crippen LogP contribution is 2.43. The molecule has 0 aromatic heterocycles. The van der Waals surface area contributed by atoms with Crippen LogP contribution in [0.5, 0.6) is 0 Å². The lowest BCUT2D eigenvalue weighted by molar-refractivity contribution is 0.0955. The molecule has 3 rings (SSSR count). The van der Waals surface area contributed by atoms with Gasteiger partial charge in [0.05, 0.1) is 16.8 Å². The first-order valence-corrected chi connectivity index (χ1v) is 10.2. The third-order valence-electron chi connectivity index (χ3n) is 5.28. The van der Waals surface area contributed by atoms with Crippen molar-refractivity contribution in [3.05, 3.63) is 63.1 Å². The first kappa shape index (κ1) is 20.7. The lowest BCUT2D eigenvalue weighted by Crippen LogP contribution is -2.48. The van der Waals surface area contributed by atoms with Crippen molar-refractivity contribution in [2.75, 3.05) is 11.4 Å². The molecule has 2 aromatic carbocycles. The van der Waals surface area contributed by atoms with E-state index in [0.29, 0.717) is 21.5 Å². The van der Waals surface area contributed by atoms with Crippen LogP contribution in [0.4, 0.5) is 5.69 Å². The van der Waals surface area contributed by atoms with Crippen molar-refractivity contribution in [1.29, 1.82) is 0 Å². The molecule has 4 nitrogen and oxygen atoms in total. The van der Waals surface area contributed by atoms with Gasteiger partial charge < -0.3 is 4.90 Å². The molecule has 0 aliphatic carbocycles. The lowest BCUT2D eigenvalue weighted by atomic mass is 9.79. The highest BCUT2D eigenvalue weighted by molar-refractivity contribution is 6.36. The number of hydrazone groups is 1. The molecule has 0 fully saturated rings. The van der Waals surface area contributed by atoms with E-state index in [2.05, 4.69) is 55.3 Å². The van der Waals surface area contributed by atoms with E-state index in [0.717, 1.165) is 18.5 Å². The highest BCUT2D eigenvalue weighted by atomic mass is 35.5. The van der Waals surface area contributed by atoms with E-state index in [-0.39, 0.29) is 11.4 Å². The third kappa shape index (κ3) is 4.18. The van der Waals surface area contributed by atoms with Crippen LogP contribution < -0.4 is 10.3 Å². The summed E-state index contributed by atoms with van der Waals surface area (Å²) in [6.07, 6.45) is 2.75. The Bertz CT molecular complexity index is 924. The van der Waals surface area contributed by atoms with Crippen LogP contribution in [0.2, 0.25) is 10.0 Å². The number of hydrogen-bond donors (Lipinski definition) is 1. The summed E-state index contributed by atoms with van der Waals surface area (Å²) < 4.78 is 0. The summed E-state index contributed by atoms with van der Waals surface area (Å²) in [5, 5.41) is 4.87. The van der Waals surface area contributed by atoms with E-state index in [4.69, 9.17) is 23.2 Å². The van der Waals surface area contributed by atoms with Crippen molar-refractivity contribution < 1.29 is 4.79 Å².